The van der Waals surface area contributed by atoms with Crippen LogP contribution in [-0.2, 0) is 11.3 Å². The summed E-state index contributed by atoms with van der Waals surface area (Å²) < 4.78 is 18.3. The summed E-state index contributed by atoms with van der Waals surface area (Å²) in [4.78, 5) is 12.7. The zero-order valence-corrected chi connectivity index (χ0v) is 16.4. The van der Waals surface area contributed by atoms with Crippen molar-refractivity contribution in [1.82, 2.24) is 9.78 Å². The average Bonchev–Trinajstić information content (AvgIpc) is 3.24. The largest absolute Gasteiger partial charge is 0.493 e. The van der Waals surface area contributed by atoms with E-state index < -0.39 is 5.97 Å². The maximum Gasteiger partial charge on any atom is 0.363 e. The summed E-state index contributed by atoms with van der Waals surface area (Å²) in [6, 6.07) is 26.3. The van der Waals surface area contributed by atoms with Crippen LogP contribution in [0.25, 0.3) is 5.69 Å². The zero-order chi connectivity index (χ0) is 20.8. The van der Waals surface area contributed by atoms with Gasteiger partial charge in [-0.25, -0.2) is 9.48 Å². The summed E-state index contributed by atoms with van der Waals surface area (Å²) in [6.45, 7) is 0.0448. The van der Waals surface area contributed by atoms with Gasteiger partial charge in [-0.3, -0.25) is 0 Å². The second-order valence-electron chi connectivity index (χ2n) is 6.43. The lowest BCUT2D eigenvalue weighted by Gasteiger charge is -2.11. The van der Waals surface area contributed by atoms with E-state index >= 15 is 0 Å². The molecule has 0 saturated carbocycles. The number of carbonyl (C=O) groups excluding carboxylic acids is 1. The molecule has 0 radical (unpaired) electrons. The van der Waals surface area contributed by atoms with E-state index in [1.807, 2.05) is 84.9 Å². The fraction of sp³-hybridized carbons (Fsp3) is 0.0833. The molecule has 0 bridgehead atoms. The molecule has 4 rings (SSSR count). The summed E-state index contributed by atoms with van der Waals surface area (Å²) in [6.07, 6.45) is 1.65. The molecule has 0 unspecified atom stereocenters. The highest BCUT2D eigenvalue weighted by molar-refractivity contribution is 5.90. The summed E-state index contributed by atoms with van der Waals surface area (Å²) >= 11 is 0. The van der Waals surface area contributed by atoms with Gasteiger partial charge in [0.05, 0.1) is 19.0 Å². The third-order valence-electron chi connectivity index (χ3n) is 4.42. The van der Waals surface area contributed by atoms with Gasteiger partial charge in [0.2, 0.25) is 5.69 Å². The smallest absolute Gasteiger partial charge is 0.363 e. The molecule has 6 nitrogen and oxygen atoms in total. The highest BCUT2D eigenvalue weighted by Crippen LogP contribution is 2.26. The first-order chi connectivity index (χ1) is 14.7. The maximum atomic E-state index is 12.7. The molecule has 3 aromatic carbocycles. The van der Waals surface area contributed by atoms with Gasteiger partial charge in [-0.05, 0) is 30.3 Å². The number of nitrogens with zero attached hydrogens (tertiary/aromatic N) is 2. The first-order valence-electron chi connectivity index (χ1n) is 9.41. The van der Waals surface area contributed by atoms with Crippen LogP contribution in [0.4, 0.5) is 0 Å². The Kier molecular flexibility index (Phi) is 5.75. The van der Waals surface area contributed by atoms with Crippen LogP contribution in [0.15, 0.2) is 91.1 Å². The van der Waals surface area contributed by atoms with E-state index in [-0.39, 0.29) is 12.3 Å². The molecule has 0 fully saturated rings. The van der Waals surface area contributed by atoms with Gasteiger partial charge >= 0.3 is 5.97 Å². The van der Waals surface area contributed by atoms with Crippen LogP contribution in [0.1, 0.15) is 16.1 Å². The van der Waals surface area contributed by atoms with Crippen molar-refractivity contribution in [3.8, 4) is 22.9 Å². The predicted molar refractivity (Wildman–Crippen MR) is 112 cm³/mol. The van der Waals surface area contributed by atoms with Gasteiger partial charge in [0.1, 0.15) is 18.1 Å². The first-order valence-corrected chi connectivity index (χ1v) is 9.41. The third kappa shape index (κ3) is 4.33. The lowest BCUT2D eigenvalue weighted by atomic mass is 10.2. The molecule has 0 aliphatic carbocycles. The Morgan fingerprint density at radius 1 is 0.867 bits per heavy atom. The lowest BCUT2D eigenvalue weighted by molar-refractivity contribution is 0.0459. The van der Waals surface area contributed by atoms with Crippen molar-refractivity contribution in [2.24, 2.45) is 0 Å². The van der Waals surface area contributed by atoms with Gasteiger partial charge in [-0.15, -0.1) is 0 Å². The van der Waals surface area contributed by atoms with Gasteiger partial charge in [-0.1, -0.05) is 54.6 Å². The summed E-state index contributed by atoms with van der Waals surface area (Å²) in [7, 11) is 1.49. The first kappa shape index (κ1) is 19.3. The monoisotopic (exact) mass is 400 g/mol. The molecule has 0 spiro atoms. The van der Waals surface area contributed by atoms with Crippen molar-refractivity contribution in [2.75, 3.05) is 7.11 Å². The Labute approximate surface area is 174 Å². The molecule has 1 aromatic heterocycles. The van der Waals surface area contributed by atoms with Gasteiger partial charge in [0.15, 0.2) is 5.75 Å². The minimum Gasteiger partial charge on any atom is -0.493 e. The van der Waals surface area contributed by atoms with Gasteiger partial charge in [-0.2, -0.15) is 5.10 Å². The van der Waals surface area contributed by atoms with E-state index in [1.54, 1.807) is 10.9 Å². The summed E-state index contributed by atoms with van der Waals surface area (Å²) in [5, 5.41) is 4.34. The second kappa shape index (κ2) is 8.96. The number of ether oxygens (including phenoxy) is 3. The number of hydrogen-bond acceptors (Lipinski definition) is 5. The van der Waals surface area contributed by atoms with Gasteiger partial charge < -0.3 is 14.2 Å². The Balaban J connectivity index is 1.50. The molecule has 0 saturated heterocycles. The Hall–Kier alpha value is -4.06. The number of para-hydroxylation sites is 3. The number of benzene rings is 3. The highest BCUT2D eigenvalue weighted by atomic mass is 16.5. The molecule has 0 N–H and O–H groups in total. The Bertz CT molecular complexity index is 1120. The second-order valence-corrected chi connectivity index (χ2v) is 6.43. The van der Waals surface area contributed by atoms with E-state index in [0.717, 1.165) is 11.3 Å². The molecule has 1 heterocycles. The van der Waals surface area contributed by atoms with E-state index in [4.69, 9.17) is 14.2 Å². The Morgan fingerprint density at radius 3 is 2.27 bits per heavy atom. The molecular formula is C24H20N2O4. The van der Waals surface area contributed by atoms with Crippen molar-refractivity contribution in [2.45, 2.75) is 6.61 Å². The highest BCUT2D eigenvalue weighted by Gasteiger charge is 2.20. The number of hydrogen-bond donors (Lipinski definition) is 0. The van der Waals surface area contributed by atoms with Gasteiger partial charge in [0.25, 0.3) is 0 Å². The molecule has 0 aliphatic heterocycles. The molecule has 0 atom stereocenters. The van der Waals surface area contributed by atoms with Crippen molar-refractivity contribution in [1.29, 1.82) is 0 Å². The maximum absolute atomic E-state index is 12.7. The van der Waals surface area contributed by atoms with Crippen LogP contribution in [0.2, 0.25) is 0 Å². The molecule has 30 heavy (non-hydrogen) atoms. The molecule has 4 aromatic rings. The van der Waals surface area contributed by atoms with Crippen LogP contribution in [0.5, 0.6) is 17.2 Å². The third-order valence-corrected chi connectivity index (χ3v) is 4.42. The fourth-order valence-electron chi connectivity index (χ4n) is 2.91. The van der Waals surface area contributed by atoms with Crippen molar-refractivity contribution >= 4 is 5.97 Å². The number of aromatic nitrogens is 2. The summed E-state index contributed by atoms with van der Waals surface area (Å²) in [5.74, 6) is 1.10. The molecular weight excluding hydrogens is 380 g/mol. The summed E-state index contributed by atoms with van der Waals surface area (Å²) in [5.41, 5.74) is 1.68. The van der Waals surface area contributed by atoms with Gasteiger partial charge in [0, 0.05) is 5.56 Å². The van der Waals surface area contributed by atoms with E-state index in [0.29, 0.717) is 17.2 Å². The van der Waals surface area contributed by atoms with Crippen LogP contribution < -0.4 is 9.47 Å². The minimum absolute atomic E-state index is 0.0448. The standard InChI is InChI=1S/C24H20N2O4/c1-28-22-16-26(19-11-4-2-5-12-19)25-23(22)24(27)29-17-18-10-8-9-15-21(18)30-20-13-6-3-7-14-20/h2-16H,17H2,1H3. The van der Waals surface area contributed by atoms with Crippen molar-refractivity contribution in [3.05, 3.63) is 102 Å². The number of esters is 1. The SMILES string of the molecule is COc1cn(-c2ccccc2)nc1C(=O)OCc1ccccc1Oc1ccccc1. The van der Waals surface area contributed by atoms with Crippen molar-refractivity contribution in [3.63, 3.8) is 0 Å². The fourth-order valence-corrected chi connectivity index (χ4v) is 2.91. The quantitative estimate of drug-likeness (QED) is 0.407. The normalized spacial score (nSPS) is 10.4. The molecule has 0 amide bonds. The van der Waals surface area contributed by atoms with E-state index in [2.05, 4.69) is 5.10 Å². The topological polar surface area (TPSA) is 62.6 Å². The Morgan fingerprint density at radius 2 is 1.53 bits per heavy atom. The van der Waals surface area contributed by atoms with Crippen molar-refractivity contribution < 1.29 is 19.0 Å². The van der Waals surface area contributed by atoms with Crippen LogP contribution in [0, 0.1) is 0 Å². The molecule has 6 heteroatoms. The van der Waals surface area contributed by atoms with Crippen LogP contribution in [0.3, 0.4) is 0 Å². The zero-order valence-electron chi connectivity index (χ0n) is 16.4. The molecule has 0 aliphatic rings. The van der Waals surface area contributed by atoms with E-state index in [9.17, 15) is 4.79 Å². The number of methoxy groups -OCH3 is 1. The molecule has 150 valence electrons. The number of rotatable bonds is 7. The average molecular weight is 400 g/mol. The van der Waals surface area contributed by atoms with Crippen LogP contribution >= 0.6 is 0 Å². The predicted octanol–water partition coefficient (Wildman–Crippen LogP) is 5.03. The number of carbonyl (C=O) groups is 1. The van der Waals surface area contributed by atoms with E-state index in [1.165, 1.54) is 7.11 Å². The lowest BCUT2D eigenvalue weighted by Crippen LogP contribution is -2.09. The van der Waals surface area contributed by atoms with Crippen LogP contribution in [-0.4, -0.2) is 22.9 Å². The minimum atomic E-state index is -0.573.